The van der Waals surface area contributed by atoms with E-state index in [-0.39, 0.29) is 0 Å². The van der Waals surface area contributed by atoms with Crippen LogP contribution in [0.1, 0.15) is 5.56 Å². The average molecular weight is 561 g/mol. The Morgan fingerprint density at radius 2 is 1.33 bits per heavy atom. The SMILES string of the molecule is Cc1cc2oc3nc(F)ccc3c2cc1-c1n(-c2c(-c3ccccc3)cccc2-c2ccccc2)c2ccccc2[n+]1C. The topological polar surface area (TPSA) is 34.8 Å². The van der Waals surface area contributed by atoms with E-state index < -0.39 is 5.95 Å². The third kappa shape index (κ3) is 3.97. The summed E-state index contributed by atoms with van der Waals surface area (Å²) in [5, 5.41) is 1.69. The van der Waals surface area contributed by atoms with Crippen LogP contribution in [0.3, 0.4) is 0 Å². The van der Waals surface area contributed by atoms with Gasteiger partial charge in [0.2, 0.25) is 11.7 Å². The highest BCUT2D eigenvalue weighted by Gasteiger charge is 2.31. The summed E-state index contributed by atoms with van der Waals surface area (Å²) >= 11 is 0. The molecule has 0 saturated heterocycles. The molecule has 0 aliphatic rings. The van der Waals surface area contributed by atoms with Crippen LogP contribution in [0.4, 0.5) is 4.39 Å². The quantitative estimate of drug-likeness (QED) is 0.159. The second-order valence-corrected chi connectivity index (χ2v) is 10.9. The predicted octanol–water partition coefficient (Wildman–Crippen LogP) is 9.20. The average Bonchev–Trinajstić information content (AvgIpc) is 3.54. The number of imidazole rings is 1. The molecule has 3 aromatic heterocycles. The van der Waals surface area contributed by atoms with Crippen LogP contribution >= 0.6 is 0 Å². The molecule has 8 aromatic rings. The summed E-state index contributed by atoms with van der Waals surface area (Å²) in [4.78, 5) is 4.01. The lowest BCUT2D eigenvalue weighted by atomic mass is 9.95. The summed E-state index contributed by atoms with van der Waals surface area (Å²) in [5.74, 6) is 0.478. The number of furan rings is 1. The first-order valence-corrected chi connectivity index (χ1v) is 14.3. The van der Waals surface area contributed by atoms with Crippen LogP contribution in [0.25, 0.3) is 72.4 Å². The molecule has 0 radical (unpaired) electrons. The van der Waals surface area contributed by atoms with Crippen LogP contribution in [0.15, 0.2) is 132 Å². The van der Waals surface area contributed by atoms with Crippen molar-refractivity contribution >= 4 is 33.1 Å². The van der Waals surface area contributed by atoms with Gasteiger partial charge in [-0.05, 0) is 60.0 Å². The summed E-state index contributed by atoms with van der Waals surface area (Å²) in [5.41, 5.74) is 11.0. The summed E-state index contributed by atoms with van der Waals surface area (Å²) in [6.45, 7) is 2.10. The van der Waals surface area contributed by atoms with E-state index in [4.69, 9.17) is 4.42 Å². The fourth-order valence-electron chi connectivity index (χ4n) is 6.35. The normalized spacial score (nSPS) is 11.6. The Bertz CT molecular complexity index is 2260. The van der Waals surface area contributed by atoms with E-state index >= 15 is 0 Å². The lowest BCUT2D eigenvalue weighted by Crippen LogP contribution is -2.30. The highest BCUT2D eigenvalue weighted by Crippen LogP contribution is 2.41. The van der Waals surface area contributed by atoms with Crippen LogP contribution in [0.2, 0.25) is 0 Å². The number of aryl methyl sites for hydroxylation is 2. The summed E-state index contributed by atoms with van der Waals surface area (Å²) in [6, 6.07) is 43.5. The molecule has 0 saturated carbocycles. The zero-order valence-electron chi connectivity index (χ0n) is 23.8. The van der Waals surface area contributed by atoms with E-state index in [1.807, 2.05) is 6.07 Å². The third-order valence-electron chi connectivity index (χ3n) is 8.33. The van der Waals surface area contributed by atoms with Gasteiger partial charge in [-0.25, -0.2) is 4.57 Å². The van der Waals surface area contributed by atoms with Gasteiger partial charge in [0.25, 0.3) is 5.82 Å². The summed E-state index contributed by atoms with van der Waals surface area (Å²) in [6.07, 6.45) is 0. The maximum absolute atomic E-state index is 14.0. The maximum Gasteiger partial charge on any atom is 0.295 e. The van der Waals surface area contributed by atoms with Gasteiger partial charge in [-0.3, -0.25) is 0 Å². The minimum absolute atomic E-state index is 0.303. The van der Waals surface area contributed by atoms with Crippen molar-refractivity contribution in [1.82, 2.24) is 9.55 Å². The lowest BCUT2D eigenvalue weighted by Gasteiger charge is -2.15. The molecule has 0 N–H and O–H groups in total. The Hall–Kier alpha value is -5.55. The molecule has 5 aromatic carbocycles. The highest BCUT2D eigenvalue weighted by atomic mass is 19.1. The van der Waals surface area contributed by atoms with E-state index in [9.17, 15) is 4.39 Å². The molecule has 0 atom stereocenters. The van der Waals surface area contributed by atoms with Gasteiger partial charge in [0.05, 0.1) is 12.6 Å². The molecule has 4 nitrogen and oxygen atoms in total. The number of para-hydroxylation sites is 3. The minimum Gasteiger partial charge on any atom is -0.438 e. The number of aromatic nitrogens is 3. The standard InChI is InChI=1S/C38H27FN3O/c1-24-22-34-31(29-20-21-35(39)40-37(29)43-34)23-30(24)38-41(2)32-18-9-10-19-33(32)42(38)36-27(25-12-5-3-6-13-25)16-11-17-28(36)26-14-7-4-8-15-26/h3-23H,1-2H3/q+1. The third-order valence-corrected chi connectivity index (χ3v) is 8.33. The van der Waals surface area contributed by atoms with Crippen molar-refractivity contribution in [1.29, 1.82) is 0 Å². The fourth-order valence-corrected chi connectivity index (χ4v) is 6.35. The molecule has 43 heavy (non-hydrogen) atoms. The second kappa shape index (κ2) is 9.78. The molecule has 0 aliphatic carbocycles. The van der Waals surface area contributed by atoms with Crippen molar-refractivity contribution in [3.05, 3.63) is 139 Å². The van der Waals surface area contributed by atoms with E-state index in [1.165, 1.54) is 6.07 Å². The van der Waals surface area contributed by atoms with E-state index in [1.54, 1.807) is 6.07 Å². The number of hydrogen-bond acceptors (Lipinski definition) is 2. The van der Waals surface area contributed by atoms with Crippen LogP contribution in [-0.2, 0) is 7.05 Å². The molecular formula is C38H27FN3O+. The van der Waals surface area contributed by atoms with Crippen molar-refractivity contribution in [2.75, 3.05) is 0 Å². The van der Waals surface area contributed by atoms with Crippen molar-refractivity contribution in [3.8, 4) is 39.3 Å². The molecule has 0 bridgehead atoms. The van der Waals surface area contributed by atoms with Crippen molar-refractivity contribution in [3.63, 3.8) is 0 Å². The van der Waals surface area contributed by atoms with Gasteiger partial charge in [0.1, 0.15) is 11.3 Å². The summed E-state index contributed by atoms with van der Waals surface area (Å²) < 4.78 is 24.6. The number of fused-ring (bicyclic) bond motifs is 4. The Balaban J connectivity index is 1.52. The smallest absolute Gasteiger partial charge is 0.295 e. The molecule has 0 unspecified atom stereocenters. The molecular weight excluding hydrogens is 533 g/mol. The molecule has 206 valence electrons. The number of halogens is 1. The van der Waals surface area contributed by atoms with Gasteiger partial charge in [0.15, 0.2) is 11.0 Å². The molecule has 0 aliphatic heterocycles. The van der Waals surface area contributed by atoms with E-state index in [0.29, 0.717) is 11.3 Å². The van der Waals surface area contributed by atoms with E-state index in [2.05, 4.69) is 137 Å². The van der Waals surface area contributed by atoms with Crippen LogP contribution < -0.4 is 4.57 Å². The second-order valence-electron chi connectivity index (χ2n) is 10.9. The van der Waals surface area contributed by atoms with Crippen molar-refractivity contribution in [2.24, 2.45) is 7.05 Å². The van der Waals surface area contributed by atoms with Crippen molar-refractivity contribution < 1.29 is 13.4 Å². The number of pyridine rings is 1. The number of hydrogen-bond donors (Lipinski definition) is 0. The Morgan fingerprint density at radius 1 is 0.674 bits per heavy atom. The minimum atomic E-state index is -0.555. The molecule has 5 heteroatoms. The van der Waals surface area contributed by atoms with Gasteiger partial charge in [-0.2, -0.15) is 13.9 Å². The molecule has 0 amide bonds. The van der Waals surface area contributed by atoms with Crippen LogP contribution in [0.5, 0.6) is 0 Å². The van der Waals surface area contributed by atoms with Crippen LogP contribution in [-0.4, -0.2) is 9.55 Å². The largest absolute Gasteiger partial charge is 0.438 e. The Labute approximate surface area is 247 Å². The fraction of sp³-hybridized carbons (Fsp3) is 0.0526. The first-order valence-electron chi connectivity index (χ1n) is 14.3. The number of benzene rings is 5. The first kappa shape index (κ1) is 25.2. The van der Waals surface area contributed by atoms with Gasteiger partial charge in [0, 0.05) is 21.9 Å². The summed E-state index contributed by atoms with van der Waals surface area (Å²) in [7, 11) is 2.12. The lowest BCUT2D eigenvalue weighted by molar-refractivity contribution is -0.633. The maximum atomic E-state index is 14.0. The Morgan fingerprint density at radius 3 is 2.02 bits per heavy atom. The molecule has 8 rings (SSSR count). The van der Waals surface area contributed by atoms with E-state index in [0.717, 1.165) is 66.7 Å². The van der Waals surface area contributed by atoms with Gasteiger partial charge in [-0.1, -0.05) is 91.0 Å². The molecule has 0 fully saturated rings. The number of nitrogens with zero attached hydrogens (tertiary/aromatic N) is 3. The van der Waals surface area contributed by atoms with Crippen molar-refractivity contribution in [2.45, 2.75) is 6.92 Å². The van der Waals surface area contributed by atoms with Gasteiger partial charge >= 0.3 is 0 Å². The number of rotatable bonds is 4. The molecule has 3 heterocycles. The first-order chi connectivity index (χ1) is 21.1. The van der Waals surface area contributed by atoms with Crippen LogP contribution in [0, 0.1) is 12.9 Å². The zero-order valence-corrected chi connectivity index (χ0v) is 23.8. The monoisotopic (exact) mass is 560 g/mol. The zero-order chi connectivity index (χ0) is 29.1. The predicted molar refractivity (Wildman–Crippen MR) is 171 cm³/mol. The van der Waals surface area contributed by atoms with Gasteiger partial charge < -0.3 is 4.42 Å². The van der Waals surface area contributed by atoms with Gasteiger partial charge in [-0.15, -0.1) is 0 Å². The molecule has 0 spiro atoms. The Kier molecular flexibility index (Phi) is 5.73. The highest BCUT2D eigenvalue weighted by molar-refractivity contribution is 6.05.